The SMILES string of the molecule is CC12CC3CC(C)(C1)CC(Nc1nc(N)ncc1F)(C3)C2. The van der Waals surface area contributed by atoms with Crippen LogP contribution in [0.2, 0.25) is 0 Å². The van der Waals surface area contributed by atoms with Gasteiger partial charge in [-0.05, 0) is 55.3 Å². The summed E-state index contributed by atoms with van der Waals surface area (Å²) in [6.45, 7) is 4.80. The van der Waals surface area contributed by atoms with Crippen molar-refractivity contribution in [3.63, 3.8) is 0 Å². The number of nitrogens with zero attached hydrogens (tertiary/aromatic N) is 2. The van der Waals surface area contributed by atoms with Gasteiger partial charge in [-0.3, -0.25) is 0 Å². The van der Waals surface area contributed by atoms with Crippen molar-refractivity contribution in [2.24, 2.45) is 16.7 Å². The molecule has 1 aromatic rings. The minimum Gasteiger partial charge on any atom is -0.368 e. The topological polar surface area (TPSA) is 63.8 Å². The van der Waals surface area contributed by atoms with Crippen molar-refractivity contribution < 1.29 is 4.39 Å². The maximum absolute atomic E-state index is 14.0. The Kier molecular flexibility index (Phi) is 2.45. The summed E-state index contributed by atoms with van der Waals surface area (Å²) in [5, 5.41) is 3.44. The van der Waals surface area contributed by atoms with E-state index in [1.807, 2.05) is 0 Å². The van der Waals surface area contributed by atoms with E-state index >= 15 is 0 Å². The Balaban J connectivity index is 1.70. The molecule has 4 aliphatic rings. The number of hydrogen-bond acceptors (Lipinski definition) is 4. The van der Waals surface area contributed by atoms with Crippen molar-refractivity contribution in [3.05, 3.63) is 12.0 Å². The Hall–Kier alpha value is -1.39. The third-order valence-corrected chi connectivity index (χ3v) is 5.77. The van der Waals surface area contributed by atoms with E-state index in [0.717, 1.165) is 31.4 Å². The van der Waals surface area contributed by atoms with Gasteiger partial charge in [0.25, 0.3) is 0 Å². The lowest BCUT2D eigenvalue weighted by Crippen LogP contribution is -2.61. The van der Waals surface area contributed by atoms with Gasteiger partial charge in [0.15, 0.2) is 11.6 Å². The highest BCUT2D eigenvalue weighted by Gasteiger charge is 2.60. The summed E-state index contributed by atoms with van der Waals surface area (Å²) in [6.07, 6.45) is 8.44. The van der Waals surface area contributed by atoms with Gasteiger partial charge in [0.05, 0.1) is 6.20 Å². The van der Waals surface area contributed by atoms with Gasteiger partial charge in [-0.15, -0.1) is 0 Å². The van der Waals surface area contributed by atoms with Crippen LogP contribution in [-0.2, 0) is 0 Å². The number of nitrogen functional groups attached to an aromatic ring is 1. The second kappa shape index (κ2) is 3.87. The molecule has 1 heterocycles. The highest BCUT2D eigenvalue weighted by Crippen LogP contribution is 2.66. The maximum Gasteiger partial charge on any atom is 0.222 e. The molecule has 5 heteroatoms. The maximum atomic E-state index is 14.0. The molecule has 1 aromatic heterocycles. The molecule has 4 bridgehead atoms. The van der Waals surface area contributed by atoms with Crippen molar-refractivity contribution in [1.29, 1.82) is 0 Å². The third kappa shape index (κ3) is 2.09. The molecule has 3 N–H and O–H groups in total. The van der Waals surface area contributed by atoms with E-state index in [1.165, 1.54) is 19.3 Å². The lowest BCUT2D eigenvalue weighted by molar-refractivity contribution is -0.0974. The van der Waals surface area contributed by atoms with Gasteiger partial charge in [0.1, 0.15) is 0 Å². The van der Waals surface area contributed by atoms with Crippen LogP contribution in [0.1, 0.15) is 52.4 Å². The monoisotopic (exact) mass is 290 g/mol. The van der Waals surface area contributed by atoms with E-state index in [-0.39, 0.29) is 17.3 Å². The van der Waals surface area contributed by atoms with Crippen molar-refractivity contribution >= 4 is 11.8 Å². The second-order valence-electron chi connectivity index (χ2n) is 8.46. The minimum atomic E-state index is -0.407. The molecular weight excluding hydrogens is 267 g/mol. The largest absolute Gasteiger partial charge is 0.368 e. The summed E-state index contributed by atoms with van der Waals surface area (Å²) < 4.78 is 14.0. The summed E-state index contributed by atoms with van der Waals surface area (Å²) in [7, 11) is 0. The zero-order valence-electron chi connectivity index (χ0n) is 12.7. The first-order chi connectivity index (χ1) is 9.79. The molecule has 114 valence electrons. The summed E-state index contributed by atoms with van der Waals surface area (Å²) in [5.74, 6) is 0.749. The van der Waals surface area contributed by atoms with E-state index in [0.29, 0.717) is 10.8 Å². The van der Waals surface area contributed by atoms with Crippen LogP contribution in [-0.4, -0.2) is 15.5 Å². The van der Waals surface area contributed by atoms with Crippen molar-refractivity contribution in [2.45, 2.75) is 57.9 Å². The molecule has 0 aliphatic heterocycles. The summed E-state index contributed by atoms with van der Waals surface area (Å²) in [4.78, 5) is 7.79. The molecule has 0 saturated heterocycles. The zero-order chi connectivity index (χ0) is 14.9. The van der Waals surface area contributed by atoms with Crippen LogP contribution in [0.3, 0.4) is 0 Å². The molecule has 5 rings (SSSR count). The number of halogens is 1. The molecule has 0 spiro atoms. The van der Waals surface area contributed by atoms with Crippen LogP contribution in [0.15, 0.2) is 6.20 Å². The van der Waals surface area contributed by atoms with E-state index in [1.54, 1.807) is 0 Å². The van der Waals surface area contributed by atoms with Crippen molar-refractivity contribution in [1.82, 2.24) is 9.97 Å². The molecule has 4 fully saturated rings. The van der Waals surface area contributed by atoms with Gasteiger partial charge in [-0.1, -0.05) is 13.8 Å². The van der Waals surface area contributed by atoms with E-state index < -0.39 is 5.82 Å². The standard InChI is InChI=1S/C16H23FN4/c1-14-3-10-4-15(2,7-14)9-16(5-10,8-14)21-12-11(17)6-19-13(18)20-12/h6,10H,3-5,7-9H2,1-2H3,(H3,18,19,20,21). The molecule has 0 amide bonds. The fraction of sp³-hybridized carbons (Fsp3) is 0.750. The van der Waals surface area contributed by atoms with Gasteiger partial charge in [-0.2, -0.15) is 4.98 Å². The Labute approximate surface area is 124 Å². The predicted molar refractivity (Wildman–Crippen MR) is 80.2 cm³/mol. The van der Waals surface area contributed by atoms with E-state index in [2.05, 4.69) is 29.1 Å². The Morgan fingerprint density at radius 3 is 2.48 bits per heavy atom. The lowest BCUT2D eigenvalue weighted by Gasteiger charge is -2.65. The van der Waals surface area contributed by atoms with Gasteiger partial charge in [0.2, 0.25) is 5.95 Å². The number of nitrogens with two attached hydrogens (primary N) is 1. The van der Waals surface area contributed by atoms with Crippen LogP contribution in [0, 0.1) is 22.6 Å². The highest BCUT2D eigenvalue weighted by atomic mass is 19.1. The second-order valence-corrected chi connectivity index (χ2v) is 8.46. The van der Waals surface area contributed by atoms with Gasteiger partial charge < -0.3 is 11.1 Å². The number of anilines is 2. The smallest absolute Gasteiger partial charge is 0.222 e. The molecule has 4 aliphatic carbocycles. The van der Waals surface area contributed by atoms with Crippen LogP contribution >= 0.6 is 0 Å². The van der Waals surface area contributed by atoms with Crippen LogP contribution in [0.4, 0.5) is 16.2 Å². The molecule has 4 nitrogen and oxygen atoms in total. The summed E-state index contributed by atoms with van der Waals surface area (Å²) >= 11 is 0. The van der Waals surface area contributed by atoms with Crippen LogP contribution < -0.4 is 11.1 Å². The van der Waals surface area contributed by atoms with Gasteiger partial charge in [-0.25, -0.2) is 9.37 Å². The first-order valence-corrected chi connectivity index (χ1v) is 7.85. The normalized spacial score (nSPS) is 44.0. The van der Waals surface area contributed by atoms with E-state index in [9.17, 15) is 4.39 Å². The van der Waals surface area contributed by atoms with Gasteiger partial charge in [0, 0.05) is 5.54 Å². The third-order valence-electron chi connectivity index (χ3n) is 5.77. The van der Waals surface area contributed by atoms with Crippen molar-refractivity contribution in [3.8, 4) is 0 Å². The average Bonchev–Trinajstić information content (AvgIpc) is 2.28. The highest BCUT2D eigenvalue weighted by molar-refractivity contribution is 5.43. The molecule has 0 radical (unpaired) electrons. The predicted octanol–water partition coefficient (Wildman–Crippen LogP) is 3.36. The van der Waals surface area contributed by atoms with Crippen molar-refractivity contribution in [2.75, 3.05) is 11.1 Å². The molecule has 2 atom stereocenters. The molecule has 4 saturated carbocycles. The van der Waals surface area contributed by atoms with E-state index in [4.69, 9.17) is 5.73 Å². The fourth-order valence-electron chi connectivity index (χ4n) is 6.31. The quantitative estimate of drug-likeness (QED) is 0.876. The lowest BCUT2D eigenvalue weighted by atomic mass is 9.43. The average molecular weight is 290 g/mol. The van der Waals surface area contributed by atoms with Gasteiger partial charge >= 0.3 is 0 Å². The number of aromatic nitrogens is 2. The fourth-order valence-corrected chi connectivity index (χ4v) is 6.31. The molecular formula is C16H23FN4. The first-order valence-electron chi connectivity index (χ1n) is 7.85. The zero-order valence-corrected chi connectivity index (χ0v) is 12.7. The Bertz CT molecular complexity index is 584. The Morgan fingerprint density at radius 2 is 1.86 bits per heavy atom. The van der Waals surface area contributed by atoms with Crippen LogP contribution in [0.5, 0.6) is 0 Å². The molecule has 2 unspecified atom stereocenters. The summed E-state index contributed by atoms with van der Waals surface area (Å²) in [5.41, 5.74) is 6.36. The molecule has 21 heavy (non-hydrogen) atoms. The molecule has 0 aromatic carbocycles. The Morgan fingerprint density at radius 1 is 1.19 bits per heavy atom. The first kappa shape index (κ1) is 13.3. The number of nitrogens with one attached hydrogen (secondary N) is 1. The van der Waals surface area contributed by atoms with Crippen LogP contribution in [0.25, 0.3) is 0 Å². The summed E-state index contributed by atoms with van der Waals surface area (Å²) in [6, 6.07) is 0. The number of hydrogen-bond donors (Lipinski definition) is 2. The minimum absolute atomic E-state index is 0.0233. The number of rotatable bonds is 2.